The Hall–Kier alpha value is 0.200. The van der Waals surface area contributed by atoms with Crippen LogP contribution in [0.1, 0.15) is 19.3 Å². The molecule has 0 amide bonds. The van der Waals surface area contributed by atoms with Crippen molar-refractivity contribution in [3.8, 4) is 0 Å². The fourth-order valence-corrected chi connectivity index (χ4v) is 1.05. The van der Waals surface area contributed by atoms with Crippen molar-refractivity contribution in [2.45, 2.75) is 19.3 Å². The Morgan fingerprint density at radius 3 is 1.45 bits per heavy atom. The number of carboxylic acids is 2. The van der Waals surface area contributed by atoms with Gasteiger partial charge >= 0.3 is 49.7 Å². The molecule has 1 fully saturated rings. The maximum absolute atomic E-state index is 10.4. The Kier molecular flexibility index (Phi) is 3.80. The van der Waals surface area contributed by atoms with E-state index in [1.165, 1.54) is 0 Å². The van der Waals surface area contributed by atoms with Crippen molar-refractivity contribution in [1.82, 2.24) is 0 Å². The third-order valence-electron chi connectivity index (χ3n) is 2.03. The van der Waals surface area contributed by atoms with Crippen LogP contribution in [0.15, 0.2) is 0 Å². The molecule has 0 unspecified atom stereocenters. The average Bonchev–Trinajstić information content (AvgIpc) is 1.57. The topological polar surface area (TPSA) is 74.6 Å². The molecule has 0 spiro atoms. The first-order valence-corrected chi connectivity index (χ1v) is 3.06. The van der Waals surface area contributed by atoms with Crippen molar-refractivity contribution in [1.29, 1.82) is 0 Å². The fraction of sp³-hybridized carbons (Fsp3) is 0.667. The van der Waals surface area contributed by atoms with Crippen LogP contribution in [0.2, 0.25) is 0 Å². The molecule has 1 rings (SSSR count). The molecule has 0 heterocycles. The van der Waals surface area contributed by atoms with Crippen LogP contribution in [-0.2, 0) is 9.59 Å². The summed E-state index contributed by atoms with van der Waals surface area (Å²) in [5.41, 5.74) is -1.44. The molecule has 0 atom stereocenters. The molecule has 60 valence electrons. The van der Waals surface area contributed by atoms with Gasteiger partial charge in [-0.3, -0.25) is 9.59 Å². The summed E-state index contributed by atoms with van der Waals surface area (Å²) in [4.78, 5) is 20.7. The van der Waals surface area contributed by atoms with Crippen molar-refractivity contribution >= 4 is 49.7 Å². The van der Waals surface area contributed by atoms with Crippen LogP contribution in [0.4, 0.5) is 0 Å². The van der Waals surface area contributed by atoms with Gasteiger partial charge in [0.1, 0.15) is 0 Å². The van der Waals surface area contributed by atoms with Gasteiger partial charge < -0.3 is 10.2 Å². The summed E-state index contributed by atoms with van der Waals surface area (Å²) in [5, 5.41) is 16.9. The van der Waals surface area contributed by atoms with Crippen LogP contribution in [0.3, 0.4) is 0 Å². The van der Waals surface area contributed by atoms with Crippen LogP contribution >= 0.6 is 0 Å². The van der Waals surface area contributed by atoms with Gasteiger partial charge in [0.2, 0.25) is 0 Å². The van der Waals surface area contributed by atoms with E-state index in [9.17, 15) is 9.59 Å². The van der Waals surface area contributed by atoms with E-state index in [1.54, 1.807) is 0 Å². The molecule has 0 saturated heterocycles. The first-order chi connectivity index (χ1) is 4.59. The van der Waals surface area contributed by atoms with Crippen molar-refractivity contribution < 1.29 is 19.8 Å². The number of carbonyl (C=O) groups is 2. The van der Waals surface area contributed by atoms with E-state index in [0.29, 0.717) is 6.42 Å². The van der Waals surface area contributed by atoms with Gasteiger partial charge in [-0.25, -0.2) is 0 Å². The molecule has 1 saturated carbocycles. The molecule has 0 bridgehead atoms. The quantitative estimate of drug-likeness (QED) is 0.446. The Morgan fingerprint density at radius 2 is 1.45 bits per heavy atom. The van der Waals surface area contributed by atoms with Gasteiger partial charge in [-0.15, -0.1) is 0 Å². The summed E-state index contributed by atoms with van der Waals surface area (Å²) in [6, 6.07) is 0. The van der Waals surface area contributed by atoms with E-state index in [2.05, 4.69) is 0 Å². The number of hydrogen-bond donors (Lipinski definition) is 2. The van der Waals surface area contributed by atoms with Crippen LogP contribution in [0.5, 0.6) is 0 Å². The van der Waals surface area contributed by atoms with E-state index in [-0.39, 0.29) is 50.6 Å². The van der Waals surface area contributed by atoms with Crippen molar-refractivity contribution in [2.75, 3.05) is 0 Å². The molecule has 2 N–H and O–H groups in total. The molecular weight excluding hydrogens is 176 g/mol. The Balaban J connectivity index is 0.000001000. The van der Waals surface area contributed by atoms with Gasteiger partial charge in [-0.1, -0.05) is 0 Å². The molecule has 0 aromatic carbocycles. The van der Waals surface area contributed by atoms with Crippen molar-refractivity contribution in [3.63, 3.8) is 0 Å². The molecule has 1 aliphatic rings. The van der Waals surface area contributed by atoms with Crippen LogP contribution < -0.4 is 0 Å². The summed E-state index contributed by atoms with van der Waals surface area (Å²) in [6.45, 7) is 0. The molecule has 0 radical (unpaired) electrons. The zero-order chi connectivity index (χ0) is 7.78. The fourth-order valence-electron chi connectivity index (χ4n) is 1.05. The summed E-state index contributed by atoms with van der Waals surface area (Å²) in [7, 11) is 0. The number of hydrogen-bond acceptors (Lipinski definition) is 2. The van der Waals surface area contributed by atoms with Gasteiger partial charge in [0.25, 0.3) is 0 Å². The molecule has 1 aliphatic carbocycles. The molecule has 0 aromatic heterocycles. The maximum atomic E-state index is 10.4. The van der Waals surface area contributed by atoms with Crippen molar-refractivity contribution in [2.24, 2.45) is 5.41 Å². The molecular formula is C6H10CaO4. The number of rotatable bonds is 2. The third-order valence-corrected chi connectivity index (χ3v) is 2.03. The van der Waals surface area contributed by atoms with E-state index in [0.717, 1.165) is 0 Å². The second-order valence-electron chi connectivity index (χ2n) is 2.55. The van der Waals surface area contributed by atoms with E-state index < -0.39 is 17.4 Å². The Morgan fingerprint density at radius 1 is 1.09 bits per heavy atom. The Bertz CT molecular complexity index is 169. The van der Waals surface area contributed by atoms with Gasteiger partial charge in [0.05, 0.1) is 0 Å². The van der Waals surface area contributed by atoms with E-state index in [4.69, 9.17) is 10.2 Å². The Labute approximate surface area is 93.6 Å². The predicted molar refractivity (Wildman–Crippen MR) is 40.1 cm³/mol. The minimum absolute atomic E-state index is 0. The normalized spacial score (nSPS) is 19.3. The summed E-state index contributed by atoms with van der Waals surface area (Å²) in [6.07, 6.45) is 1.26. The molecule has 11 heavy (non-hydrogen) atoms. The molecule has 0 aliphatic heterocycles. The minimum atomic E-state index is -1.44. The molecule has 0 aromatic rings. The second kappa shape index (κ2) is 3.74. The molecule has 5 heteroatoms. The zero-order valence-electron chi connectivity index (χ0n) is 5.33. The van der Waals surface area contributed by atoms with Gasteiger partial charge in [0, 0.05) is 0 Å². The first-order valence-electron chi connectivity index (χ1n) is 3.06. The van der Waals surface area contributed by atoms with Gasteiger partial charge in [0.15, 0.2) is 5.41 Å². The monoisotopic (exact) mass is 186 g/mol. The first kappa shape index (κ1) is 11.2. The third kappa shape index (κ3) is 1.68. The molecule has 4 nitrogen and oxygen atoms in total. The SMILES string of the molecule is O=C(O)C1(C(=O)O)CCC1.[CaH2]. The zero-order valence-corrected chi connectivity index (χ0v) is 5.33. The van der Waals surface area contributed by atoms with Crippen LogP contribution in [0, 0.1) is 5.41 Å². The second-order valence-corrected chi connectivity index (χ2v) is 2.55. The standard InChI is InChI=1S/C6H8O4.Ca.2H/c7-4(8)6(5(9)10)2-1-3-6;;;/h1-3H2,(H,7,8)(H,9,10);;;. The van der Waals surface area contributed by atoms with Gasteiger partial charge in [-0.05, 0) is 19.3 Å². The predicted octanol–water partition coefficient (Wildman–Crippen LogP) is -0.590. The van der Waals surface area contributed by atoms with E-state index >= 15 is 0 Å². The van der Waals surface area contributed by atoms with Crippen LogP contribution in [0.25, 0.3) is 0 Å². The summed E-state index contributed by atoms with van der Waals surface area (Å²) >= 11 is 0. The number of carboxylic acid groups (broad SMARTS) is 2. The van der Waals surface area contributed by atoms with Gasteiger partial charge in [-0.2, -0.15) is 0 Å². The van der Waals surface area contributed by atoms with Crippen molar-refractivity contribution in [3.05, 3.63) is 0 Å². The van der Waals surface area contributed by atoms with Crippen LogP contribution in [-0.4, -0.2) is 59.9 Å². The van der Waals surface area contributed by atoms with E-state index in [1.807, 2.05) is 0 Å². The summed E-state index contributed by atoms with van der Waals surface area (Å²) < 4.78 is 0. The average molecular weight is 186 g/mol. The summed E-state index contributed by atoms with van der Waals surface area (Å²) in [5.74, 6) is -2.41. The number of aliphatic carboxylic acids is 2.